The first kappa shape index (κ1) is 22.3. The number of amides is 1. The lowest BCUT2D eigenvalue weighted by atomic mass is 9.97. The normalized spacial score (nSPS) is 15.6. The highest BCUT2D eigenvalue weighted by Crippen LogP contribution is 2.24. The van der Waals surface area contributed by atoms with Gasteiger partial charge in [-0.2, -0.15) is 4.31 Å². The van der Waals surface area contributed by atoms with E-state index in [1.165, 1.54) is 4.31 Å². The number of methoxy groups -OCH3 is 1. The molecule has 1 amide bonds. The number of carbonyl (C=O) groups is 1. The third-order valence-corrected chi connectivity index (χ3v) is 7.04. The molecule has 1 heterocycles. The number of piperidine rings is 1. The SMILES string of the molecule is COCCOc1cccc(CNC(=O)C2CCN(S(=O)(=O)c3ccccc3)CC2)c1. The van der Waals surface area contributed by atoms with Crippen molar-refractivity contribution in [2.75, 3.05) is 33.4 Å². The number of nitrogens with zero attached hydrogens (tertiary/aromatic N) is 1. The van der Waals surface area contributed by atoms with E-state index in [9.17, 15) is 13.2 Å². The van der Waals surface area contributed by atoms with Crippen LogP contribution in [0, 0.1) is 5.92 Å². The minimum absolute atomic E-state index is 0.0440. The molecule has 1 aliphatic heterocycles. The summed E-state index contributed by atoms with van der Waals surface area (Å²) < 4.78 is 37.4. The zero-order valence-electron chi connectivity index (χ0n) is 17.1. The van der Waals surface area contributed by atoms with Crippen LogP contribution < -0.4 is 10.1 Å². The number of hydrogen-bond acceptors (Lipinski definition) is 5. The summed E-state index contributed by atoms with van der Waals surface area (Å²) in [6, 6.07) is 16.0. The number of carbonyl (C=O) groups excluding carboxylic acids is 1. The maximum Gasteiger partial charge on any atom is 0.243 e. The number of ether oxygens (including phenoxy) is 2. The summed E-state index contributed by atoms with van der Waals surface area (Å²) in [6.45, 7) is 2.08. The average Bonchev–Trinajstić information content (AvgIpc) is 2.78. The molecule has 1 aliphatic rings. The van der Waals surface area contributed by atoms with Gasteiger partial charge in [-0.3, -0.25) is 4.79 Å². The fraction of sp³-hybridized carbons (Fsp3) is 0.409. The molecule has 2 aromatic carbocycles. The quantitative estimate of drug-likeness (QED) is 0.615. The predicted molar refractivity (Wildman–Crippen MR) is 114 cm³/mol. The lowest BCUT2D eigenvalue weighted by molar-refractivity contribution is -0.126. The van der Waals surface area contributed by atoms with Crippen LogP contribution in [-0.2, 0) is 26.1 Å². The molecular weight excluding hydrogens is 404 g/mol. The second-order valence-electron chi connectivity index (χ2n) is 7.20. The summed E-state index contributed by atoms with van der Waals surface area (Å²) in [5.74, 6) is 0.504. The summed E-state index contributed by atoms with van der Waals surface area (Å²) in [7, 11) is -1.88. The lowest BCUT2D eigenvalue weighted by Crippen LogP contribution is -2.42. The highest BCUT2D eigenvalue weighted by molar-refractivity contribution is 7.89. The zero-order valence-corrected chi connectivity index (χ0v) is 17.9. The Morgan fingerprint density at radius 1 is 1.07 bits per heavy atom. The zero-order chi connectivity index (χ0) is 21.4. The van der Waals surface area contributed by atoms with Crippen LogP contribution in [0.2, 0.25) is 0 Å². The molecule has 162 valence electrons. The van der Waals surface area contributed by atoms with E-state index in [1.807, 2.05) is 24.3 Å². The molecular formula is C22H28N2O5S. The summed E-state index contributed by atoms with van der Waals surface area (Å²) in [5, 5.41) is 2.96. The molecule has 30 heavy (non-hydrogen) atoms. The number of hydrogen-bond donors (Lipinski definition) is 1. The number of rotatable bonds is 9. The van der Waals surface area contributed by atoms with E-state index in [4.69, 9.17) is 9.47 Å². The Balaban J connectivity index is 1.48. The number of sulfonamides is 1. The van der Waals surface area contributed by atoms with Gasteiger partial charge in [0, 0.05) is 32.7 Å². The van der Waals surface area contributed by atoms with E-state index in [-0.39, 0.29) is 11.8 Å². The molecule has 2 aromatic rings. The number of nitrogens with one attached hydrogen (secondary N) is 1. The monoisotopic (exact) mass is 432 g/mol. The molecule has 1 N–H and O–H groups in total. The molecule has 0 aromatic heterocycles. The summed E-state index contributed by atoms with van der Waals surface area (Å²) >= 11 is 0. The Morgan fingerprint density at radius 3 is 2.50 bits per heavy atom. The summed E-state index contributed by atoms with van der Waals surface area (Å²) in [4.78, 5) is 12.9. The van der Waals surface area contributed by atoms with Crippen molar-refractivity contribution >= 4 is 15.9 Å². The van der Waals surface area contributed by atoms with Crippen LogP contribution in [0.1, 0.15) is 18.4 Å². The molecule has 0 unspecified atom stereocenters. The van der Waals surface area contributed by atoms with Crippen molar-refractivity contribution in [3.63, 3.8) is 0 Å². The van der Waals surface area contributed by atoms with Crippen molar-refractivity contribution in [3.05, 3.63) is 60.2 Å². The van der Waals surface area contributed by atoms with Gasteiger partial charge < -0.3 is 14.8 Å². The van der Waals surface area contributed by atoms with Gasteiger partial charge in [0.1, 0.15) is 12.4 Å². The largest absolute Gasteiger partial charge is 0.491 e. The van der Waals surface area contributed by atoms with E-state index in [0.717, 1.165) is 11.3 Å². The van der Waals surface area contributed by atoms with Crippen LogP contribution in [-0.4, -0.2) is 52.0 Å². The van der Waals surface area contributed by atoms with Gasteiger partial charge in [-0.15, -0.1) is 0 Å². The minimum atomic E-state index is -3.50. The predicted octanol–water partition coefficient (Wildman–Crippen LogP) is 2.43. The molecule has 7 nitrogen and oxygen atoms in total. The smallest absolute Gasteiger partial charge is 0.243 e. The Kier molecular flexibility index (Phi) is 7.84. The van der Waals surface area contributed by atoms with Gasteiger partial charge in [0.25, 0.3) is 0 Å². The lowest BCUT2D eigenvalue weighted by Gasteiger charge is -2.30. The van der Waals surface area contributed by atoms with E-state index in [2.05, 4.69) is 5.32 Å². The molecule has 0 bridgehead atoms. The van der Waals surface area contributed by atoms with Crippen LogP contribution in [0.4, 0.5) is 0 Å². The average molecular weight is 433 g/mol. The van der Waals surface area contributed by atoms with E-state index in [0.29, 0.717) is 50.6 Å². The molecule has 3 rings (SSSR count). The van der Waals surface area contributed by atoms with Gasteiger partial charge in [-0.05, 0) is 42.7 Å². The van der Waals surface area contributed by atoms with Crippen molar-refractivity contribution in [1.82, 2.24) is 9.62 Å². The van der Waals surface area contributed by atoms with Gasteiger partial charge in [-0.25, -0.2) is 8.42 Å². The molecule has 0 radical (unpaired) electrons. The molecule has 0 saturated carbocycles. The van der Waals surface area contributed by atoms with Crippen LogP contribution in [0.3, 0.4) is 0 Å². The van der Waals surface area contributed by atoms with Crippen LogP contribution in [0.25, 0.3) is 0 Å². The van der Waals surface area contributed by atoms with Crippen molar-refractivity contribution in [1.29, 1.82) is 0 Å². The molecule has 8 heteroatoms. The fourth-order valence-corrected chi connectivity index (χ4v) is 4.91. The van der Waals surface area contributed by atoms with Gasteiger partial charge in [0.05, 0.1) is 11.5 Å². The van der Waals surface area contributed by atoms with E-state index < -0.39 is 10.0 Å². The minimum Gasteiger partial charge on any atom is -0.491 e. The maximum atomic E-state index is 12.7. The molecule has 1 fully saturated rings. The first-order valence-electron chi connectivity index (χ1n) is 10.0. The van der Waals surface area contributed by atoms with E-state index in [1.54, 1.807) is 37.4 Å². The molecule has 0 aliphatic carbocycles. The molecule has 1 saturated heterocycles. The van der Waals surface area contributed by atoms with Crippen LogP contribution in [0.15, 0.2) is 59.5 Å². The van der Waals surface area contributed by atoms with Crippen LogP contribution >= 0.6 is 0 Å². The third kappa shape index (κ3) is 5.81. The van der Waals surface area contributed by atoms with Crippen molar-refractivity contribution in [2.24, 2.45) is 5.92 Å². The van der Waals surface area contributed by atoms with Gasteiger partial charge in [-0.1, -0.05) is 30.3 Å². The Morgan fingerprint density at radius 2 is 1.80 bits per heavy atom. The second-order valence-corrected chi connectivity index (χ2v) is 9.14. The van der Waals surface area contributed by atoms with Crippen molar-refractivity contribution in [3.8, 4) is 5.75 Å². The Bertz CT molecular complexity index is 926. The van der Waals surface area contributed by atoms with Crippen molar-refractivity contribution < 1.29 is 22.7 Å². The van der Waals surface area contributed by atoms with Crippen LogP contribution in [0.5, 0.6) is 5.75 Å². The van der Waals surface area contributed by atoms with Crippen molar-refractivity contribution in [2.45, 2.75) is 24.3 Å². The third-order valence-electron chi connectivity index (χ3n) is 5.13. The Hall–Kier alpha value is -2.42. The Labute approximate surface area is 178 Å². The van der Waals surface area contributed by atoms with Gasteiger partial charge in [0.15, 0.2) is 0 Å². The second kappa shape index (κ2) is 10.6. The van der Waals surface area contributed by atoms with E-state index >= 15 is 0 Å². The first-order valence-corrected chi connectivity index (χ1v) is 11.5. The highest BCUT2D eigenvalue weighted by Gasteiger charge is 2.31. The van der Waals surface area contributed by atoms with Gasteiger partial charge >= 0.3 is 0 Å². The molecule has 0 atom stereocenters. The standard InChI is InChI=1S/C22H28N2O5S/c1-28-14-15-29-20-7-5-6-18(16-20)17-23-22(25)19-10-12-24(13-11-19)30(26,27)21-8-3-2-4-9-21/h2-9,16,19H,10-15,17H2,1H3,(H,23,25). The molecule has 0 spiro atoms. The number of benzene rings is 2. The summed E-state index contributed by atoms with van der Waals surface area (Å²) in [5.41, 5.74) is 0.947. The maximum absolute atomic E-state index is 12.7. The summed E-state index contributed by atoms with van der Waals surface area (Å²) in [6.07, 6.45) is 1.02. The fourth-order valence-electron chi connectivity index (χ4n) is 3.42. The van der Waals surface area contributed by atoms with Gasteiger partial charge in [0.2, 0.25) is 15.9 Å². The topological polar surface area (TPSA) is 84.9 Å². The highest BCUT2D eigenvalue weighted by atomic mass is 32.2. The first-order chi connectivity index (χ1) is 14.5.